The number of aryl methyl sites for hydroxylation is 1. The highest BCUT2D eigenvalue weighted by molar-refractivity contribution is 5.94. The molecule has 0 bridgehead atoms. The van der Waals surface area contributed by atoms with Crippen LogP contribution in [0.1, 0.15) is 12.5 Å². The van der Waals surface area contributed by atoms with E-state index in [0.29, 0.717) is 13.1 Å². The standard InChI is InChI=1S/C13H17N3O4/c1-9-3-4-11(16(18)19)10(5-9)15-12(17)6-20-13(2)7-14-8-13/h3-5,14H,6-8H2,1-2H3,(H,15,17). The van der Waals surface area contributed by atoms with E-state index in [4.69, 9.17) is 4.74 Å². The number of amides is 1. The van der Waals surface area contributed by atoms with Crippen LogP contribution in [-0.2, 0) is 9.53 Å². The molecule has 108 valence electrons. The molecule has 7 heteroatoms. The lowest BCUT2D eigenvalue weighted by Gasteiger charge is -2.38. The number of carbonyl (C=O) groups is 1. The van der Waals surface area contributed by atoms with Gasteiger partial charge in [-0.15, -0.1) is 0 Å². The van der Waals surface area contributed by atoms with E-state index in [-0.39, 0.29) is 23.6 Å². The number of nitro benzene ring substituents is 1. The van der Waals surface area contributed by atoms with Gasteiger partial charge in [0.2, 0.25) is 0 Å². The van der Waals surface area contributed by atoms with E-state index in [1.54, 1.807) is 19.1 Å². The first-order chi connectivity index (χ1) is 9.39. The van der Waals surface area contributed by atoms with Crippen molar-refractivity contribution in [2.45, 2.75) is 19.4 Å². The fraction of sp³-hybridized carbons (Fsp3) is 0.462. The summed E-state index contributed by atoms with van der Waals surface area (Å²) in [6.45, 7) is 4.99. The molecular formula is C13H17N3O4. The summed E-state index contributed by atoms with van der Waals surface area (Å²) in [5.74, 6) is -0.396. The summed E-state index contributed by atoms with van der Waals surface area (Å²) in [7, 11) is 0. The van der Waals surface area contributed by atoms with Gasteiger partial charge in [-0.05, 0) is 25.5 Å². The highest BCUT2D eigenvalue weighted by Crippen LogP contribution is 2.25. The van der Waals surface area contributed by atoms with Gasteiger partial charge in [0.15, 0.2) is 0 Å². The lowest BCUT2D eigenvalue weighted by Crippen LogP contribution is -2.59. The highest BCUT2D eigenvalue weighted by atomic mass is 16.6. The summed E-state index contributed by atoms with van der Waals surface area (Å²) in [6, 6.07) is 4.58. The van der Waals surface area contributed by atoms with Crippen LogP contribution in [0.5, 0.6) is 0 Å². The molecule has 0 atom stereocenters. The summed E-state index contributed by atoms with van der Waals surface area (Å²) in [5, 5.41) is 16.5. The molecule has 0 aromatic heterocycles. The predicted molar refractivity (Wildman–Crippen MR) is 73.7 cm³/mol. The van der Waals surface area contributed by atoms with Gasteiger partial charge in [0.1, 0.15) is 12.3 Å². The fourth-order valence-electron chi connectivity index (χ4n) is 1.91. The first-order valence-corrected chi connectivity index (χ1v) is 6.29. The van der Waals surface area contributed by atoms with Crippen molar-refractivity contribution in [2.24, 2.45) is 0 Å². The molecule has 7 nitrogen and oxygen atoms in total. The van der Waals surface area contributed by atoms with Crippen molar-refractivity contribution in [2.75, 3.05) is 25.0 Å². The smallest absolute Gasteiger partial charge is 0.292 e. The van der Waals surface area contributed by atoms with Crippen LogP contribution in [-0.4, -0.2) is 36.1 Å². The van der Waals surface area contributed by atoms with E-state index < -0.39 is 10.8 Å². The third-order valence-corrected chi connectivity index (χ3v) is 3.17. The lowest BCUT2D eigenvalue weighted by atomic mass is 10.0. The topological polar surface area (TPSA) is 93.5 Å². The van der Waals surface area contributed by atoms with Crippen molar-refractivity contribution in [1.29, 1.82) is 0 Å². The fourth-order valence-corrected chi connectivity index (χ4v) is 1.91. The van der Waals surface area contributed by atoms with Gasteiger partial charge in [-0.2, -0.15) is 0 Å². The molecule has 1 saturated heterocycles. The van der Waals surface area contributed by atoms with Crippen LogP contribution in [0.15, 0.2) is 18.2 Å². The highest BCUT2D eigenvalue weighted by Gasteiger charge is 2.33. The number of hydrogen-bond acceptors (Lipinski definition) is 5. The summed E-state index contributed by atoms with van der Waals surface area (Å²) in [4.78, 5) is 22.2. The number of hydrogen-bond donors (Lipinski definition) is 2. The summed E-state index contributed by atoms with van der Waals surface area (Å²) >= 11 is 0. The molecule has 0 unspecified atom stereocenters. The van der Waals surface area contributed by atoms with Crippen LogP contribution >= 0.6 is 0 Å². The second-order valence-electron chi connectivity index (χ2n) is 5.17. The number of carbonyl (C=O) groups excluding carboxylic acids is 1. The van der Waals surface area contributed by atoms with Crippen LogP contribution in [0.2, 0.25) is 0 Å². The van der Waals surface area contributed by atoms with Crippen LogP contribution in [0.25, 0.3) is 0 Å². The Balaban J connectivity index is 1.99. The largest absolute Gasteiger partial charge is 0.363 e. The minimum atomic E-state index is -0.521. The SMILES string of the molecule is Cc1ccc([N+](=O)[O-])c(NC(=O)COC2(C)CNC2)c1. The average Bonchev–Trinajstić information content (AvgIpc) is 2.33. The second kappa shape index (κ2) is 5.56. The molecule has 1 fully saturated rings. The molecule has 1 aliphatic heterocycles. The van der Waals surface area contributed by atoms with Gasteiger partial charge in [-0.3, -0.25) is 14.9 Å². The molecule has 1 aromatic rings. The maximum atomic E-state index is 11.8. The van der Waals surface area contributed by atoms with E-state index in [1.807, 2.05) is 6.92 Å². The zero-order valence-electron chi connectivity index (χ0n) is 11.4. The van der Waals surface area contributed by atoms with Crippen LogP contribution in [0, 0.1) is 17.0 Å². The zero-order valence-corrected chi connectivity index (χ0v) is 11.4. The Morgan fingerprint density at radius 2 is 2.25 bits per heavy atom. The Morgan fingerprint density at radius 1 is 1.55 bits per heavy atom. The maximum absolute atomic E-state index is 11.8. The van der Waals surface area contributed by atoms with Gasteiger partial charge in [0.05, 0.1) is 10.5 Å². The molecule has 1 aromatic carbocycles. The van der Waals surface area contributed by atoms with Gasteiger partial charge in [-0.25, -0.2) is 0 Å². The van der Waals surface area contributed by atoms with Gasteiger partial charge in [0, 0.05) is 19.2 Å². The molecular weight excluding hydrogens is 262 g/mol. The molecule has 1 heterocycles. The molecule has 2 N–H and O–H groups in total. The van der Waals surface area contributed by atoms with Gasteiger partial charge in [-0.1, -0.05) is 6.07 Å². The Bertz CT molecular complexity index is 540. The van der Waals surface area contributed by atoms with Crippen molar-refractivity contribution < 1.29 is 14.5 Å². The Hall–Kier alpha value is -1.99. The van der Waals surface area contributed by atoms with Gasteiger partial charge >= 0.3 is 0 Å². The Labute approximate surface area is 116 Å². The molecule has 20 heavy (non-hydrogen) atoms. The molecule has 0 aliphatic carbocycles. The summed E-state index contributed by atoms with van der Waals surface area (Å²) in [6.07, 6.45) is 0. The minimum absolute atomic E-state index is 0.122. The number of nitrogens with one attached hydrogen (secondary N) is 2. The first kappa shape index (κ1) is 14.4. The lowest BCUT2D eigenvalue weighted by molar-refractivity contribution is -0.383. The summed E-state index contributed by atoms with van der Waals surface area (Å²) < 4.78 is 5.49. The number of nitro groups is 1. The third kappa shape index (κ3) is 3.31. The van der Waals surface area contributed by atoms with E-state index in [2.05, 4.69) is 10.6 Å². The average molecular weight is 279 g/mol. The van der Waals surface area contributed by atoms with Crippen LogP contribution < -0.4 is 10.6 Å². The van der Waals surface area contributed by atoms with Crippen molar-refractivity contribution in [3.8, 4) is 0 Å². The number of benzene rings is 1. The number of ether oxygens (including phenoxy) is 1. The molecule has 1 aliphatic rings. The molecule has 0 radical (unpaired) electrons. The zero-order chi connectivity index (χ0) is 14.8. The van der Waals surface area contributed by atoms with Crippen molar-refractivity contribution in [3.63, 3.8) is 0 Å². The molecule has 0 spiro atoms. The third-order valence-electron chi connectivity index (χ3n) is 3.17. The van der Waals surface area contributed by atoms with Crippen molar-refractivity contribution in [1.82, 2.24) is 5.32 Å². The number of rotatable bonds is 5. The second-order valence-corrected chi connectivity index (χ2v) is 5.17. The number of nitrogens with zero attached hydrogens (tertiary/aromatic N) is 1. The van der Waals surface area contributed by atoms with Crippen LogP contribution in [0.4, 0.5) is 11.4 Å². The van der Waals surface area contributed by atoms with Crippen molar-refractivity contribution in [3.05, 3.63) is 33.9 Å². The quantitative estimate of drug-likeness (QED) is 0.624. The maximum Gasteiger partial charge on any atom is 0.292 e. The number of anilines is 1. The molecule has 2 rings (SSSR count). The van der Waals surface area contributed by atoms with E-state index in [1.165, 1.54) is 6.07 Å². The monoisotopic (exact) mass is 279 g/mol. The van der Waals surface area contributed by atoms with E-state index >= 15 is 0 Å². The van der Waals surface area contributed by atoms with Crippen molar-refractivity contribution >= 4 is 17.3 Å². The summed E-state index contributed by atoms with van der Waals surface area (Å²) in [5.41, 5.74) is 0.582. The predicted octanol–water partition coefficient (Wildman–Crippen LogP) is 1.22. The minimum Gasteiger partial charge on any atom is -0.363 e. The Kier molecular flexibility index (Phi) is 4.01. The first-order valence-electron chi connectivity index (χ1n) is 6.29. The van der Waals surface area contributed by atoms with Gasteiger partial charge < -0.3 is 15.4 Å². The molecule has 1 amide bonds. The molecule has 0 saturated carbocycles. The van der Waals surface area contributed by atoms with Gasteiger partial charge in [0.25, 0.3) is 11.6 Å². The van der Waals surface area contributed by atoms with Crippen LogP contribution in [0.3, 0.4) is 0 Å². The van der Waals surface area contributed by atoms with E-state index in [0.717, 1.165) is 5.56 Å². The normalized spacial score (nSPS) is 16.3. The van der Waals surface area contributed by atoms with E-state index in [9.17, 15) is 14.9 Å². The Morgan fingerprint density at radius 3 is 2.80 bits per heavy atom.